The van der Waals surface area contributed by atoms with Crippen molar-refractivity contribution in [1.29, 1.82) is 0 Å². The lowest BCUT2D eigenvalue weighted by molar-refractivity contribution is -0.131. The molecule has 1 aromatic heterocycles. The number of halogens is 1. The van der Waals surface area contributed by atoms with Crippen LogP contribution in [0.5, 0.6) is 5.75 Å². The summed E-state index contributed by atoms with van der Waals surface area (Å²) in [5.74, 6) is 2.25. The molecule has 1 amide bonds. The topological polar surface area (TPSA) is 58.8 Å². The van der Waals surface area contributed by atoms with E-state index in [4.69, 9.17) is 20.8 Å². The minimum Gasteiger partial charge on any atom is -0.497 e. The summed E-state index contributed by atoms with van der Waals surface area (Å²) in [4.78, 5) is 21.4. The molecule has 0 N–H and O–H groups in total. The van der Waals surface area contributed by atoms with E-state index in [9.17, 15) is 4.79 Å². The van der Waals surface area contributed by atoms with Crippen LogP contribution < -0.4 is 9.64 Å². The fourth-order valence-corrected chi connectivity index (χ4v) is 3.89. The second-order valence-corrected chi connectivity index (χ2v) is 7.98. The van der Waals surface area contributed by atoms with Crippen molar-refractivity contribution >= 4 is 23.2 Å². The SMILES string of the molecule is COc1ccc(N2CCCN(C(=O)CCc3ncc(-c4ccc(Cl)cc4)o3)CC2)cc1. The van der Waals surface area contributed by atoms with E-state index in [0.717, 1.165) is 43.1 Å². The van der Waals surface area contributed by atoms with Crippen molar-refractivity contribution in [3.63, 3.8) is 0 Å². The Bertz CT molecular complexity index is 1000. The maximum Gasteiger partial charge on any atom is 0.223 e. The highest BCUT2D eigenvalue weighted by molar-refractivity contribution is 6.30. The highest BCUT2D eigenvalue weighted by Crippen LogP contribution is 2.23. The fraction of sp³-hybridized carbons (Fsp3) is 0.333. The number of carbonyl (C=O) groups is 1. The summed E-state index contributed by atoms with van der Waals surface area (Å²) in [6.07, 6.45) is 3.52. The molecule has 4 rings (SSSR count). The Hall–Kier alpha value is -2.99. The van der Waals surface area contributed by atoms with E-state index in [1.54, 1.807) is 13.3 Å². The number of nitrogens with zero attached hydrogens (tertiary/aromatic N) is 3. The number of aryl methyl sites for hydroxylation is 1. The van der Waals surface area contributed by atoms with E-state index in [-0.39, 0.29) is 5.91 Å². The molecule has 0 radical (unpaired) electrons. The molecule has 1 fully saturated rings. The molecule has 6 nitrogen and oxygen atoms in total. The predicted octanol–water partition coefficient (Wildman–Crippen LogP) is 4.68. The van der Waals surface area contributed by atoms with Crippen molar-refractivity contribution in [2.24, 2.45) is 0 Å². The van der Waals surface area contributed by atoms with E-state index in [2.05, 4.69) is 22.0 Å². The van der Waals surface area contributed by atoms with Gasteiger partial charge in [-0.1, -0.05) is 11.6 Å². The van der Waals surface area contributed by atoms with Crippen LogP contribution in [0.25, 0.3) is 11.3 Å². The molecule has 0 bridgehead atoms. The van der Waals surface area contributed by atoms with E-state index in [1.165, 1.54) is 0 Å². The fourth-order valence-electron chi connectivity index (χ4n) is 3.76. The van der Waals surface area contributed by atoms with Crippen molar-refractivity contribution in [3.8, 4) is 17.1 Å². The third-order valence-corrected chi connectivity index (χ3v) is 5.77. The van der Waals surface area contributed by atoms with Gasteiger partial charge in [0, 0.05) is 55.3 Å². The van der Waals surface area contributed by atoms with Crippen LogP contribution in [0.15, 0.2) is 59.1 Å². The molecule has 1 aliphatic heterocycles. The van der Waals surface area contributed by atoms with Gasteiger partial charge < -0.3 is 19.0 Å². The van der Waals surface area contributed by atoms with E-state index in [1.807, 2.05) is 41.3 Å². The number of hydrogen-bond acceptors (Lipinski definition) is 5. The zero-order chi connectivity index (χ0) is 21.6. The standard InChI is InChI=1S/C24H26ClN3O3/c1-30-21-9-7-20(8-10-21)27-13-2-14-28(16-15-27)24(29)12-11-23-26-17-22(31-23)18-3-5-19(25)6-4-18/h3-10,17H,2,11-16H2,1H3. The number of methoxy groups -OCH3 is 1. The first-order valence-corrected chi connectivity index (χ1v) is 10.9. The van der Waals surface area contributed by atoms with Gasteiger partial charge in [-0.15, -0.1) is 0 Å². The van der Waals surface area contributed by atoms with Gasteiger partial charge in [0.1, 0.15) is 5.75 Å². The van der Waals surface area contributed by atoms with Gasteiger partial charge in [-0.2, -0.15) is 0 Å². The van der Waals surface area contributed by atoms with Crippen LogP contribution in [0.4, 0.5) is 5.69 Å². The predicted molar refractivity (Wildman–Crippen MR) is 122 cm³/mol. The number of ether oxygens (including phenoxy) is 1. The summed E-state index contributed by atoms with van der Waals surface area (Å²) in [5, 5.41) is 0.678. The van der Waals surface area contributed by atoms with Crippen molar-refractivity contribution in [1.82, 2.24) is 9.88 Å². The summed E-state index contributed by atoms with van der Waals surface area (Å²) in [5.41, 5.74) is 2.07. The minimum absolute atomic E-state index is 0.142. The second-order valence-electron chi connectivity index (χ2n) is 7.54. The highest BCUT2D eigenvalue weighted by Gasteiger charge is 2.20. The van der Waals surface area contributed by atoms with Crippen LogP contribution >= 0.6 is 11.6 Å². The molecular weight excluding hydrogens is 414 g/mol. The molecule has 0 saturated carbocycles. The Labute approximate surface area is 187 Å². The molecule has 3 aromatic rings. The Morgan fingerprint density at radius 3 is 2.58 bits per heavy atom. The number of rotatable bonds is 6. The lowest BCUT2D eigenvalue weighted by atomic mass is 10.2. The van der Waals surface area contributed by atoms with Crippen LogP contribution in [0.3, 0.4) is 0 Å². The molecule has 162 valence electrons. The highest BCUT2D eigenvalue weighted by atomic mass is 35.5. The lowest BCUT2D eigenvalue weighted by Gasteiger charge is -2.24. The summed E-state index contributed by atoms with van der Waals surface area (Å²) in [7, 11) is 1.67. The number of carbonyl (C=O) groups excluding carboxylic acids is 1. The first kappa shape index (κ1) is 21.2. The van der Waals surface area contributed by atoms with Crippen molar-refractivity contribution in [2.75, 3.05) is 38.2 Å². The van der Waals surface area contributed by atoms with Gasteiger partial charge in [0.05, 0.1) is 13.3 Å². The average molecular weight is 440 g/mol. The molecular formula is C24H26ClN3O3. The van der Waals surface area contributed by atoms with Gasteiger partial charge in [0.2, 0.25) is 5.91 Å². The molecule has 0 atom stereocenters. The quantitative estimate of drug-likeness (QED) is 0.558. The monoisotopic (exact) mass is 439 g/mol. The van der Waals surface area contributed by atoms with Crippen LogP contribution in [-0.4, -0.2) is 49.1 Å². The zero-order valence-corrected chi connectivity index (χ0v) is 18.3. The third-order valence-electron chi connectivity index (χ3n) is 5.52. The molecule has 0 spiro atoms. The van der Waals surface area contributed by atoms with E-state index >= 15 is 0 Å². The van der Waals surface area contributed by atoms with Gasteiger partial charge in [0.15, 0.2) is 11.7 Å². The summed E-state index contributed by atoms with van der Waals surface area (Å²) in [6.45, 7) is 3.23. The molecule has 1 aliphatic rings. The van der Waals surface area contributed by atoms with Crippen LogP contribution in [0.1, 0.15) is 18.7 Å². The summed E-state index contributed by atoms with van der Waals surface area (Å²) >= 11 is 5.93. The number of aromatic nitrogens is 1. The third kappa shape index (κ3) is 5.39. The van der Waals surface area contributed by atoms with Gasteiger partial charge in [-0.05, 0) is 55.0 Å². The van der Waals surface area contributed by atoms with Gasteiger partial charge in [-0.3, -0.25) is 4.79 Å². The summed E-state index contributed by atoms with van der Waals surface area (Å²) in [6, 6.07) is 15.5. The van der Waals surface area contributed by atoms with Crippen LogP contribution in [0.2, 0.25) is 5.02 Å². The molecule has 2 heterocycles. The summed E-state index contributed by atoms with van der Waals surface area (Å²) < 4.78 is 11.1. The molecule has 7 heteroatoms. The second kappa shape index (κ2) is 9.88. The Morgan fingerprint density at radius 2 is 1.84 bits per heavy atom. The van der Waals surface area contributed by atoms with Gasteiger partial charge in [-0.25, -0.2) is 4.98 Å². The molecule has 0 aliphatic carbocycles. The van der Waals surface area contributed by atoms with E-state index in [0.29, 0.717) is 36.1 Å². The van der Waals surface area contributed by atoms with E-state index < -0.39 is 0 Å². The van der Waals surface area contributed by atoms with Gasteiger partial charge in [0.25, 0.3) is 0 Å². The lowest BCUT2D eigenvalue weighted by Crippen LogP contribution is -2.35. The number of amides is 1. The normalized spacial score (nSPS) is 14.4. The molecule has 31 heavy (non-hydrogen) atoms. The maximum absolute atomic E-state index is 12.8. The number of hydrogen-bond donors (Lipinski definition) is 0. The number of anilines is 1. The van der Waals surface area contributed by atoms with Crippen LogP contribution in [-0.2, 0) is 11.2 Å². The Balaban J connectivity index is 1.29. The van der Waals surface area contributed by atoms with Crippen molar-refractivity contribution < 1.29 is 13.9 Å². The Kier molecular flexibility index (Phi) is 6.77. The van der Waals surface area contributed by atoms with Crippen molar-refractivity contribution in [2.45, 2.75) is 19.3 Å². The zero-order valence-electron chi connectivity index (χ0n) is 17.6. The minimum atomic E-state index is 0.142. The maximum atomic E-state index is 12.8. The molecule has 1 saturated heterocycles. The largest absolute Gasteiger partial charge is 0.497 e. The number of benzene rings is 2. The Morgan fingerprint density at radius 1 is 1.06 bits per heavy atom. The average Bonchev–Trinajstić information content (AvgIpc) is 3.14. The first-order valence-electron chi connectivity index (χ1n) is 10.5. The molecule has 2 aromatic carbocycles. The van der Waals surface area contributed by atoms with Crippen LogP contribution in [0, 0.1) is 0 Å². The first-order chi connectivity index (χ1) is 15.1. The number of oxazole rings is 1. The van der Waals surface area contributed by atoms with Gasteiger partial charge >= 0.3 is 0 Å². The smallest absolute Gasteiger partial charge is 0.223 e. The van der Waals surface area contributed by atoms with Crippen molar-refractivity contribution in [3.05, 3.63) is 65.6 Å². The molecule has 0 unspecified atom stereocenters.